The maximum atomic E-state index is 14.7. The first-order chi connectivity index (χ1) is 21.0. The Hall–Kier alpha value is -5.23. The summed E-state index contributed by atoms with van der Waals surface area (Å²) in [5, 5.41) is 6.81. The van der Waals surface area contributed by atoms with E-state index >= 15 is 0 Å². The summed E-state index contributed by atoms with van der Waals surface area (Å²) in [6.07, 6.45) is 2.71. The van der Waals surface area contributed by atoms with Gasteiger partial charge in [-0.25, -0.2) is 22.2 Å². The van der Waals surface area contributed by atoms with E-state index in [0.717, 1.165) is 21.8 Å². The third kappa shape index (κ3) is 4.29. The molecule has 7 rings (SSSR count). The van der Waals surface area contributed by atoms with Crippen molar-refractivity contribution in [2.75, 3.05) is 30.0 Å². The van der Waals surface area contributed by atoms with Crippen LogP contribution in [0.4, 0.5) is 20.3 Å². The Labute approximate surface area is 250 Å². The Kier molecular flexibility index (Phi) is 6.22. The number of aromatic nitrogens is 2. The number of nitrogens with zero attached hydrogens (tertiary/aromatic N) is 3. The van der Waals surface area contributed by atoms with E-state index in [1.54, 1.807) is 30.5 Å². The topological polar surface area (TPSA) is 109 Å². The molecule has 3 aromatic heterocycles. The van der Waals surface area contributed by atoms with Crippen LogP contribution in [0.5, 0.6) is 0 Å². The molecular weight excluding hydrogens is 588 g/mol. The maximum Gasteiger partial charge on any atom is 0.255 e. The highest BCUT2D eigenvalue weighted by molar-refractivity contribution is 7.92. The van der Waals surface area contributed by atoms with Crippen molar-refractivity contribution in [3.8, 4) is 33.7 Å². The van der Waals surface area contributed by atoms with Gasteiger partial charge in [0.1, 0.15) is 28.8 Å². The number of nitrogens with one attached hydrogen (secondary N) is 2. The van der Waals surface area contributed by atoms with Crippen LogP contribution in [0.25, 0.3) is 55.6 Å². The minimum Gasteiger partial charge on any atom is -0.455 e. The first kappa shape index (κ1) is 27.6. The van der Waals surface area contributed by atoms with Gasteiger partial charge in [-0.3, -0.25) is 9.10 Å². The van der Waals surface area contributed by atoms with Crippen LogP contribution < -0.4 is 14.9 Å². The van der Waals surface area contributed by atoms with E-state index in [1.807, 2.05) is 16.7 Å². The molecule has 6 aromatic rings. The number of benzene rings is 3. The molecule has 2 N–H and O–H groups in total. The van der Waals surface area contributed by atoms with Crippen LogP contribution in [-0.4, -0.2) is 44.2 Å². The number of carbonyl (C=O) groups is 1. The molecule has 0 fully saturated rings. The number of pyridine rings is 1. The predicted molar refractivity (Wildman–Crippen MR) is 166 cm³/mol. The Morgan fingerprint density at radius 1 is 1.02 bits per heavy atom. The second-order valence-corrected chi connectivity index (χ2v) is 12.6. The van der Waals surface area contributed by atoms with Gasteiger partial charge in [-0.05, 0) is 54.6 Å². The molecule has 0 unspecified atom stereocenters. The fourth-order valence-corrected chi connectivity index (χ4v) is 6.21. The highest BCUT2D eigenvalue weighted by atomic mass is 32.2. The van der Waals surface area contributed by atoms with Crippen molar-refractivity contribution in [2.24, 2.45) is 0 Å². The SMILES string of the molecule is CNC(=O)c1c(-c2ccc(F)cc2)oc2cc(N(C)S(C)(=O)=O)c(-c3cnc4c(c3)-c3cc5c(F)cccc5n3CN4)cc12. The van der Waals surface area contributed by atoms with Crippen molar-refractivity contribution < 1.29 is 26.4 Å². The minimum atomic E-state index is -3.73. The molecule has 0 spiro atoms. The van der Waals surface area contributed by atoms with Gasteiger partial charge in [0.25, 0.3) is 5.91 Å². The van der Waals surface area contributed by atoms with Crippen molar-refractivity contribution in [1.29, 1.82) is 0 Å². The van der Waals surface area contributed by atoms with E-state index in [4.69, 9.17) is 4.42 Å². The zero-order valence-electron chi connectivity index (χ0n) is 23.8. The van der Waals surface area contributed by atoms with Gasteiger partial charge in [0.05, 0.1) is 35.4 Å². The molecule has 1 amide bonds. The molecule has 1 aliphatic rings. The molecule has 0 aliphatic carbocycles. The van der Waals surface area contributed by atoms with E-state index in [9.17, 15) is 22.0 Å². The number of carbonyl (C=O) groups excluding carboxylic acids is 1. The van der Waals surface area contributed by atoms with Crippen molar-refractivity contribution in [2.45, 2.75) is 6.67 Å². The third-order valence-electron chi connectivity index (χ3n) is 7.98. The molecule has 44 heavy (non-hydrogen) atoms. The minimum absolute atomic E-state index is 0.212. The second-order valence-electron chi connectivity index (χ2n) is 10.6. The Morgan fingerprint density at radius 3 is 2.52 bits per heavy atom. The molecule has 12 heteroatoms. The number of halogens is 2. The van der Waals surface area contributed by atoms with Crippen molar-refractivity contribution in [1.82, 2.24) is 14.9 Å². The molecule has 4 heterocycles. The summed E-state index contributed by atoms with van der Waals surface area (Å²) >= 11 is 0. The number of sulfonamides is 1. The molecule has 0 saturated carbocycles. The number of hydrogen-bond donors (Lipinski definition) is 2. The van der Waals surface area contributed by atoms with E-state index < -0.39 is 21.7 Å². The Balaban J connectivity index is 1.50. The van der Waals surface area contributed by atoms with E-state index in [-0.39, 0.29) is 22.7 Å². The first-order valence-electron chi connectivity index (χ1n) is 13.6. The van der Waals surface area contributed by atoms with Crippen molar-refractivity contribution >= 4 is 49.3 Å². The first-order valence-corrected chi connectivity index (χ1v) is 15.4. The lowest BCUT2D eigenvalue weighted by Gasteiger charge is -2.23. The molecule has 1 aliphatic heterocycles. The van der Waals surface area contributed by atoms with Gasteiger partial charge in [0, 0.05) is 59.4 Å². The molecular formula is C32H25F2N5O4S. The summed E-state index contributed by atoms with van der Waals surface area (Å²) < 4.78 is 63.2. The monoisotopic (exact) mass is 613 g/mol. The lowest BCUT2D eigenvalue weighted by Crippen LogP contribution is -2.25. The standard InChI is InChI=1S/C32H25F2N5O4S/c1-35-32(40)29-23-12-20(26(38(2)44(3,41)42)14-28(23)43-30(29)17-7-9-19(33)10-8-17)18-11-22-27-13-21-24(34)5-4-6-25(21)39(27)16-37-31(22)36-15-18/h4-15H,16H2,1-3H3,(H,35,40)(H,36,37). The number of rotatable bonds is 5. The van der Waals surface area contributed by atoms with Crippen LogP contribution >= 0.6 is 0 Å². The molecule has 0 saturated heterocycles. The summed E-state index contributed by atoms with van der Waals surface area (Å²) in [5.41, 5.74) is 4.45. The fourth-order valence-electron chi connectivity index (χ4n) is 5.70. The summed E-state index contributed by atoms with van der Waals surface area (Å²) in [7, 11) is -0.813. The van der Waals surface area contributed by atoms with Crippen LogP contribution in [0.2, 0.25) is 0 Å². The second kappa shape index (κ2) is 9.91. The van der Waals surface area contributed by atoms with Gasteiger partial charge in [-0.2, -0.15) is 0 Å². The predicted octanol–water partition coefficient (Wildman–Crippen LogP) is 6.20. The molecule has 0 bridgehead atoms. The third-order valence-corrected chi connectivity index (χ3v) is 9.17. The zero-order chi connectivity index (χ0) is 30.9. The molecule has 0 atom stereocenters. The average molecular weight is 614 g/mol. The van der Waals surface area contributed by atoms with Gasteiger partial charge >= 0.3 is 0 Å². The number of amides is 1. The van der Waals surface area contributed by atoms with Gasteiger partial charge in [-0.15, -0.1) is 0 Å². The summed E-state index contributed by atoms with van der Waals surface area (Å²) in [6, 6.07) is 17.4. The van der Waals surface area contributed by atoms with E-state index in [2.05, 4.69) is 15.6 Å². The van der Waals surface area contributed by atoms with Crippen molar-refractivity contribution in [3.63, 3.8) is 0 Å². The van der Waals surface area contributed by atoms with Gasteiger partial charge in [-0.1, -0.05) is 6.07 Å². The summed E-state index contributed by atoms with van der Waals surface area (Å²) in [4.78, 5) is 17.9. The van der Waals surface area contributed by atoms with Crippen LogP contribution in [0, 0.1) is 11.6 Å². The summed E-state index contributed by atoms with van der Waals surface area (Å²) in [6.45, 7) is 0.395. The lowest BCUT2D eigenvalue weighted by atomic mass is 9.97. The normalized spacial score (nSPS) is 12.6. The molecule has 222 valence electrons. The highest BCUT2D eigenvalue weighted by Crippen LogP contribution is 2.44. The molecule has 0 radical (unpaired) electrons. The molecule has 9 nitrogen and oxygen atoms in total. The number of hydrogen-bond acceptors (Lipinski definition) is 6. The highest BCUT2D eigenvalue weighted by Gasteiger charge is 2.27. The quantitative estimate of drug-likeness (QED) is 0.240. The van der Waals surface area contributed by atoms with Gasteiger partial charge in [0.15, 0.2) is 0 Å². The van der Waals surface area contributed by atoms with Crippen LogP contribution in [0.3, 0.4) is 0 Å². The maximum absolute atomic E-state index is 14.7. The average Bonchev–Trinajstić information content (AvgIpc) is 3.59. The molecule has 3 aromatic carbocycles. The zero-order valence-corrected chi connectivity index (χ0v) is 24.6. The van der Waals surface area contributed by atoms with Crippen molar-refractivity contribution in [3.05, 3.63) is 90.1 Å². The lowest BCUT2D eigenvalue weighted by molar-refractivity contribution is 0.0964. The largest absolute Gasteiger partial charge is 0.455 e. The van der Waals surface area contributed by atoms with Gasteiger partial charge in [0.2, 0.25) is 10.0 Å². The van der Waals surface area contributed by atoms with Crippen LogP contribution in [-0.2, 0) is 16.7 Å². The van der Waals surface area contributed by atoms with Crippen LogP contribution in [0.1, 0.15) is 10.4 Å². The number of furan rings is 1. The number of anilines is 2. The smallest absolute Gasteiger partial charge is 0.255 e. The number of fused-ring (bicyclic) bond motifs is 6. The Morgan fingerprint density at radius 2 is 1.80 bits per heavy atom. The fraction of sp³-hybridized carbons (Fsp3) is 0.125. The van der Waals surface area contributed by atoms with Gasteiger partial charge < -0.3 is 19.6 Å². The van der Waals surface area contributed by atoms with Crippen LogP contribution in [0.15, 0.2) is 77.3 Å². The summed E-state index contributed by atoms with van der Waals surface area (Å²) in [5.74, 6) is -0.407. The van der Waals surface area contributed by atoms with E-state index in [1.165, 1.54) is 44.4 Å². The Bertz CT molecular complexity index is 2260. The van der Waals surface area contributed by atoms with E-state index in [0.29, 0.717) is 51.2 Å².